The smallest absolute Gasteiger partial charge is 0.244 e. The molecule has 0 aliphatic carbocycles. The molecule has 2 aliphatic heterocycles. The Bertz CT molecular complexity index is 997. The molecule has 0 bridgehead atoms. The van der Waals surface area contributed by atoms with Crippen molar-refractivity contribution >= 4 is 27.4 Å². The first-order chi connectivity index (χ1) is 13.9. The van der Waals surface area contributed by atoms with Gasteiger partial charge in [-0.05, 0) is 38.6 Å². The molecule has 1 atom stereocenters. The van der Waals surface area contributed by atoms with Gasteiger partial charge in [0, 0.05) is 44.6 Å². The molecule has 4 rings (SSSR count). The van der Waals surface area contributed by atoms with Crippen molar-refractivity contribution in [3.63, 3.8) is 0 Å². The monoisotopic (exact) mass is 435 g/mol. The van der Waals surface area contributed by atoms with E-state index in [4.69, 9.17) is 21.6 Å². The van der Waals surface area contributed by atoms with Crippen molar-refractivity contribution in [2.24, 2.45) is 0 Å². The second-order valence-corrected chi connectivity index (χ2v) is 10.0. The summed E-state index contributed by atoms with van der Waals surface area (Å²) in [4.78, 5) is 12.1. The Morgan fingerprint density at radius 3 is 2.72 bits per heavy atom. The van der Waals surface area contributed by atoms with Gasteiger partial charge in [-0.15, -0.1) is 0 Å². The summed E-state index contributed by atoms with van der Waals surface area (Å²) < 4.78 is 27.8. The van der Waals surface area contributed by atoms with Crippen molar-refractivity contribution in [2.75, 3.05) is 39.0 Å². The molecule has 1 saturated heterocycles. The lowest BCUT2D eigenvalue weighted by Gasteiger charge is -2.32. The molecule has 1 fully saturated rings. The maximum Gasteiger partial charge on any atom is 0.244 e. The maximum absolute atomic E-state index is 13.1. The van der Waals surface area contributed by atoms with Crippen LogP contribution in [0.3, 0.4) is 0 Å². The highest BCUT2D eigenvalue weighted by Crippen LogP contribution is 2.32. The van der Waals surface area contributed by atoms with Crippen molar-refractivity contribution < 1.29 is 8.42 Å². The summed E-state index contributed by atoms with van der Waals surface area (Å²) in [5.41, 5.74) is 1.79. The topological polar surface area (TPSA) is 78.4 Å². The first-order valence-corrected chi connectivity index (χ1v) is 11.7. The van der Waals surface area contributed by atoms with E-state index in [1.165, 1.54) is 4.31 Å². The van der Waals surface area contributed by atoms with E-state index in [0.29, 0.717) is 18.9 Å². The average Bonchev–Trinajstić information content (AvgIpc) is 2.72. The number of hydrogen-bond donors (Lipinski definition) is 1. The summed E-state index contributed by atoms with van der Waals surface area (Å²) in [6.07, 6.45) is 2.78. The number of hydrogen-bond acceptors (Lipinski definition) is 6. The van der Waals surface area contributed by atoms with Gasteiger partial charge in [-0.3, -0.25) is 0 Å². The van der Waals surface area contributed by atoms with Gasteiger partial charge in [0.25, 0.3) is 0 Å². The highest BCUT2D eigenvalue weighted by Gasteiger charge is 2.33. The normalized spacial score (nSPS) is 21.0. The molecule has 1 aromatic carbocycles. The van der Waals surface area contributed by atoms with Gasteiger partial charge in [0.2, 0.25) is 10.0 Å². The Morgan fingerprint density at radius 2 is 2.00 bits per heavy atom. The molecule has 9 heteroatoms. The van der Waals surface area contributed by atoms with Crippen LogP contribution in [0.2, 0.25) is 5.02 Å². The number of piperidine rings is 1. The molecule has 0 spiro atoms. The second kappa shape index (κ2) is 8.18. The molecule has 0 amide bonds. The summed E-state index contributed by atoms with van der Waals surface area (Å²) in [7, 11) is 0.259. The van der Waals surface area contributed by atoms with Gasteiger partial charge in [0.15, 0.2) is 0 Å². The van der Waals surface area contributed by atoms with Crippen molar-refractivity contribution in [1.29, 1.82) is 0 Å². The van der Waals surface area contributed by atoms with Crippen LogP contribution in [0.1, 0.15) is 35.8 Å². The fourth-order valence-electron chi connectivity index (χ4n) is 4.17. The van der Waals surface area contributed by atoms with E-state index < -0.39 is 10.0 Å². The highest BCUT2D eigenvalue weighted by atomic mass is 35.5. The molecule has 7 nitrogen and oxygen atoms in total. The van der Waals surface area contributed by atoms with Crippen LogP contribution in [0.15, 0.2) is 29.2 Å². The maximum atomic E-state index is 13.1. The van der Waals surface area contributed by atoms with Crippen LogP contribution in [-0.2, 0) is 23.0 Å². The fourth-order valence-corrected chi connectivity index (χ4v) is 6.08. The number of anilines is 1. The van der Waals surface area contributed by atoms with Gasteiger partial charge in [0.1, 0.15) is 16.5 Å². The Labute approximate surface area is 177 Å². The van der Waals surface area contributed by atoms with Crippen molar-refractivity contribution in [1.82, 2.24) is 19.2 Å². The van der Waals surface area contributed by atoms with Crippen molar-refractivity contribution in [3.8, 4) is 0 Å². The minimum Gasteiger partial charge on any atom is -0.373 e. The second-order valence-electron chi connectivity index (χ2n) is 7.73. The molecule has 1 N–H and O–H groups in total. The van der Waals surface area contributed by atoms with Crippen molar-refractivity contribution in [3.05, 3.63) is 46.4 Å². The molecule has 156 valence electrons. The molecule has 0 radical (unpaired) electrons. The number of sulfonamides is 1. The number of fused-ring (bicyclic) bond motifs is 1. The third kappa shape index (κ3) is 3.99. The van der Waals surface area contributed by atoms with Gasteiger partial charge >= 0.3 is 0 Å². The van der Waals surface area contributed by atoms with E-state index in [-0.39, 0.29) is 16.5 Å². The van der Waals surface area contributed by atoms with Gasteiger partial charge in [-0.25, -0.2) is 18.4 Å². The third-order valence-electron chi connectivity index (χ3n) is 5.72. The number of aromatic nitrogens is 2. The zero-order valence-electron chi connectivity index (χ0n) is 16.7. The zero-order chi connectivity index (χ0) is 20.6. The Morgan fingerprint density at radius 1 is 1.21 bits per heavy atom. The number of nitrogens with zero attached hydrogens (tertiary/aromatic N) is 4. The largest absolute Gasteiger partial charge is 0.373 e. The van der Waals surface area contributed by atoms with Crippen LogP contribution < -0.4 is 5.32 Å². The number of likely N-dealkylation sites (N-methyl/N-ethyl adjacent to an activating group) is 1. The number of halogens is 1. The minimum absolute atomic E-state index is 0.138. The summed E-state index contributed by atoms with van der Waals surface area (Å²) in [6, 6.07) is 6.56. The van der Waals surface area contributed by atoms with Crippen LogP contribution in [-0.4, -0.2) is 61.3 Å². The van der Waals surface area contributed by atoms with E-state index in [2.05, 4.69) is 17.3 Å². The van der Waals surface area contributed by atoms with E-state index in [1.807, 2.05) is 7.05 Å². The van der Waals surface area contributed by atoms with E-state index in [0.717, 1.165) is 48.8 Å². The Balaban J connectivity index is 1.65. The number of nitrogens with one attached hydrogen (secondary N) is 1. The number of likely N-dealkylation sites (tertiary alicyclic amines) is 1. The Hall–Kier alpha value is -1.74. The van der Waals surface area contributed by atoms with E-state index >= 15 is 0 Å². The minimum atomic E-state index is -3.69. The first-order valence-electron chi connectivity index (χ1n) is 9.91. The molecule has 0 saturated carbocycles. The van der Waals surface area contributed by atoms with Gasteiger partial charge < -0.3 is 10.2 Å². The van der Waals surface area contributed by atoms with Gasteiger partial charge in [0.05, 0.1) is 10.7 Å². The molecule has 29 heavy (non-hydrogen) atoms. The van der Waals surface area contributed by atoms with Gasteiger partial charge in [-0.2, -0.15) is 4.31 Å². The third-order valence-corrected chi connectivity index (χ3v) is 8.07. The predicted octanol–water partition coefficient (Wildman–Crippen LogP) is 2.73. The number of rotatable bonds is 4. The first kappa shape index (κ1) is 20.5. The standard InChI is InChI=1S/C20H26ClN5O2S/c1-22-20-15-13-26(29(27,28)18-8-4-3-7-16(18)21)11-9-17(15)23-19(24-20)14-6-5-10-25(2)12-14/h3-4,7-8,14H,5-6,9-13H2,1-2H3,(H,22,23,24)/t14-/m1/s1. The molecule has 0 unspecified atom stereocenters. The number of benzene rings is 1. The van der Waals surface area contributed by atoms with Crippen LogP contribution in [0.25, 0.3) is 0 Å². The molecular weight excluding hydrogens is 410 g/mol. The van der Waals surface area contributed by atoms with E-state index in [1.54, 1.807) is 24.3 Å². The Kier molecular flexibility index (Phi) is 5.79. The summed E-state index contributed by atoms with van der Waals surface area (Å²) in [6.45, 7) is 2.68. The fraction of sp³-hybridized carbons (Fsp3) is 0.500. The highest BCUT2D eigenvalue weighted by molar-refractivity contribution is 7.89. The van der Waals surface area contributed by atoms with Crippen LogP contribution in [0.4, 0.5) is 5.82 Å². The van der Waals surface area contributed by atoms with Gasteiger partial charge in [-0.1, -0.05) is 23.7 Å². The lowest BCUT2D eigenvalue weighted by molar-refractivity contribution is 0.245. The average molecular weight is 436 g/mol. The van der Waals surface area contributed by atoms with Crippen LogP contribution in [0.5, 0.6) is 0 Å². The summed E-state index contributed by atoms with van der Waals surface area (Å²) in [5.74, 6) is 1.90. The lowest BCUT2D eigenvalue weighted by atomic mass is 9.97. The van der Waals surface area contributed by atoms with E-state index in [9.17, 15) is 8.42 Å². The molecular formula is C20H26ClN5O2S. The van der Waals surface area contributed by atoms with Crippen LogP contribution >= 0.6 is 11.6 Å². The quantitative estimate of drug-likeness (QED) is 0.795. The molecule has 2 aromatic rings. The van der Waals surface area contributed by atoms with Crippen LogP contribution in [0, 0.1) is 0 Å². The molecule has 2 aliphatic rings. The zero-order valence-corrected chi connectivity index (χ0v) is 18.3. The van der Waals surface area contributed by atoms with Crippen molar-refractivity contribution in [2.45, 2.75) is 36.6 Å². The summed E-state index contributed by atoms with van der Waals surface area (Å²) >= 11 is 6.16. The summed E-state index contributed by atoms with van der Waals surface area (Å²) in [5, 5.41) is 3.39. The SMILES string of the molecule is CNc1nc([C@@H]2CCCN(C)C2)nc2c1CN(S(=O)(=O)c1ccccc1Cl)CC2. The molecule has 1 aromatic heterocycles. The lowest BCUT2D eigenvalue weighted by Crippen LogP contribution is -2.38. The predicted molar refractivity (Wildman–Crippen MR) is 114 cm³/mol. The molecule has 3 heterocycles.